The molecule has 1 N–H and O–H groups in total. The number of likely N-dealkylation sites (tertiary alicyclic amines) is 1. The molecule has 7 heteroatoms. The van der Waals surface area contributed by atoms with Gasteiger partial charge in [0.2, 0.25) is 5.91 Å². The van der Waals surface area contributed by atoms with Gasteiger partial charge in [0.15, 0.2) is 5.78 Å². The lowest BCUT2D eigenvalue weighted by atomic mass is 10.0. The molecular formula is C23H24Cl2N2O3. The summed E-state index contributed by atoms with van der Waals surface area (Å²) in [7, 11) is 0. The average Bonchev–Trinajstić information content (AvgIpc) is 3.05. The van der Waals surface area contributed by atoms with Gasteiger partial charge in [-0.15, -0.1) is 0 Å². The number of urea groups is 1. The number of aryl methyl sites for hydroxylation is 4. The summed E-state index contributed by atoms with van der Waals surface area (Å²) in [4.78, 5) is 39.2. The fraction of sp³-hybridized carbons (Fsp3) is 0.348. The number of Topliss-reactive ketones (excluding diaryl/α,β-unsaturated/α-hetero) is 1. The Morgan fingerprint density at radius 2 is 1.77 bits per heavy atom. The van der Waals surface area contributed by atoms with Gasteiger partial charge >= 0.3 is 6.03 Å². The van der Waals surface area contributed by atoms with Crippen LogP contribution in [0.2, 0.25) is 10.0 Å². The molecule has 158 valence electrons. The van der Waals surface area contributed by atoms with E-state index in [2.05, 4.69) is 5.32 Å². The number of nitrogens with zero attached hydrogens (tertiary/aromatic N) is 1. The predicted octanol–water partition coefficient (Wildman–Crippen LogP) is 5.64. The van der Waals surface area contributed by atoms with Crippen molar-refractivity contribution in [3.63, 3.8) is 0 Å². The number of ketones is 1. The van der Waals surface area contributed by atoms with E-state index in [1.54, 1.807) is 18.2 Å². The Morgan fingerprint density at radius 3 is 2.40 bits per heavy atom. The van der Waals surface area contributed by atoms with Crippen molar-refractivity contribution in [3.05, 3.63) is 62.6 Å². The fourth-order valence-corrected chi connectivity index (χ4v) is 4.44. The Labute approximate surface area is 186 Å². The van der Waals surface area contributed by atoms with Gasteiger partial charge in [0.1, 0.15) is 6.04 Å². The molecule has 0 unspecified atom stereocenters. The Morgan fingerprint density at radius 1 is 1.10 bits per heavy atom. The molecule has 1 aliphatic heterocycles. The Hall–Kier alpha value is -2.37. The van der Waals surface area contributed by atoms with Crippen LogP contribution in [-0.4, -0.2) is 28.7 Å². The normalized spacial score (nSPS) is 16.1. The molecule has 0 bridgehead atoms. The first-order valence-electron chi connectivity index (χ1n) is 9.85. The molecule has 2 aromatic carbocycles. The van der Waals surface area contributed by atoms with Crippen LogP contribution < -0.4 is 5.32 Å². The van der Waals surface area contributed by atoms with Crippen molar-refractivity contribution in [2.75, 3.05) is 5.32 Å². The number of halogens is 2. The molecule has 1 atom stereocenters. The molecule has 2 aromatic rings. The van der Waals surface area contributed by atoms with Crippen molar-refractivity contribution in [2.24, 2.45) is 0 Å². The molecule has 3 amide bonds. The zero-order valence-corrected chi connectivity index (χ0v) is 18.7. The van der Waals surface area contributed by atoms with E-state index < -0.39 is 12.1 Å². The predicted molar refractivity (Wildman–Crippen MR) is 119 cm³/mol. The van der Waals surface area contributed by atoms with Crippen LogP contribution in [0.5, 0.6) is 0 Å². The number of amides is 3. The molecule has 0 saturated carbocycles. The zero-order valence-electron chi connectivity index (χ0n) is 17.2. The van der Waals surface area contributed by atoms with Crippen molar-refractivity contribution in [1.82, 2.24) is 4.90 Å². The minimum Gasteiger partial charge on any atom is -0.307 e. The minimum atomic E-state index is -0.755. The number of carbonyl (C=O) groups excluding carboxylic acids is 3. The van der Waals surface area contributed by atoms with Gasteiger partial charge in [0, 0.05) is 28.6 Å². The lowest BCUT2D eigenvalue weighted by Gasteiger charge is -2.23. The molecule has 5 nitrogen and oxygen atoms in total. The van der Waals surface area contributed by atoms with Crippen LogP contribution in [0.4, 0.5) is 10.5 Å². The van der Waals surface area contributed by atoms with E-state index in [-0.39, 0.29) is 24.5 Å². The third kappa shape index (κ3) is 4.85. The first kappa shape index (κ1) is 22.3. The first-order valence-corrected chi connectivity index (χ1v) is 10.6. The van der Waals surface area contributed by atoms with E-state index in [0.29, 0.717) is 28.6 Å². The van der Waals surface area contributed by atoms with E-state index in [9.17, 15) is 14.4 Å². The van der Waals surface area contributed by atoms with Crippen LogP contribution in [-0.2, 0) is 16.0 Å². The number of nitrogens with one attached hydrogen (secondary N) is 1. The average molecular weight is 447 g/mol. The maximum Gasteiger partial charge on any atom is 0.329 e. The summed E-state index contributed by atoms with van der Waals surface area (Å²) >= 11 is 12.1. The largest absolute Gasteiger partial charge is 0.329 e. The second kappa shape index (κ2) is 9.19. The molecule has 1 aliphatic rings. The highest BCUT2D eigenvalue weighted by atomic mass is 35.5. The Balaban J connectivity index is 1.71. The van der Waals surface area contributed by atoms with Gasteiger partial charge in [-0.2, -0.15) is 0 Å². The highest BCUT2D eigenvalue weighted by Crippen LogP contribution is 2.27. The summed E-state index contributed by atoms with van der Waals surface area (Å²) in [6, 6.07) is 7.75. The third-order valence-electron chi connectivity index (χ3n) is 5.37. The quantitative estimate of drug-likeness (QED) is 0.645. The van der Waals surface area contributed by atoms with Crippen molar-refractivity contribution in [1.29, 1.82) is 0 Å². The van der Waals surface area contributed by atoms with Crippen LogP contribution in [0, 0.1) is 20.8 Å². The number of hydrogen-bond acceptors (Lipinski definition) is 3. The van der Waals surface area contributed by atoms with Crippen LogP contribution in [0.25, 0.3) is 0 Å². The van der Waals surface area contributed by atoms with Gasteiger partial charge in [-0.25, -0.2) is 4.79 Å². The summed E-state index contributed by atoms with van der Waals surface area (Å²) < 4.78 is 0. The number of anilines is 1. The van der Waals surface area contributed by atoms with Gasteiger partial charge in [-0.05, 0) is 62.4 Å². The zero-order chi connectivity index (χ0) is 22.0. The van der Waals surface area contributed by atoms with Gasteiger partial charge in [-0.3, -0.25) is 14.5 Å². The molecule has 0 aliphatic carbocycles. The summed E-state index contributed by atoms with van der Waals surface area (Å²) in [5.74, 6) is -0.489. The van der Waals surface area contributed by atoms with Gasteiger partial charge in [0.25, 0.3) is 0 Å². The van der Waals surface area contributed by atoms with E-state index in [1.165, 1.54) is 0 Å². The smallest absolute Gasteiger partial charge is 0.307 e. The van der Waals surface area contributed by atoms with Crippen LogP contribution in [0.3, 0.4) is 0 Å². The lowest BCUT2D eigenvalue weighted by Crippen LogP contribution is -2.45. The summed E-state index contributed by atoms with van der Waals surface area (Å²) in [5, 5.41) is 3.86. The van der Waals surface area contributed by atoms with E-state index in [0.717, 1.165) is 27.2 Å². The van der Waals surface area contributed by atoms with E-state index in [4.69, 9.17) is 23.2 Å². The van der Waals surface area contributed by atoms with Crippen molar-refractivity contribution < 1.29 is 14.4 Å². The summed E-state index contributed by atoms with van der Waals surface area (Å²) in [6.45, 7) is 5.79. The molecule has 1 saturated heterocycles. The van der Waals surface area contributed by atoms with Crippen molar-refractivity contribution in [2.45, 2.75) is 52.5 Å². The molecule has 1 fully saturated rings. The molecular weight excluding hydrogens is 423 g/mol. The SMILES string of the molecule is Cc1cc(C)c(NC(=O)N2C(=O)CC[C@H]2C(=O)CCc2ccc(Cl)cc2Cl)c(C)c1. The van der Waals surface area contributed by atoms with E-state index in [1.807, 2.05) is 32.9 Å². The van der Waals surface area contributed by atoms with Crippen molar-refractivity contribution >= 4 is 46.6 Å². The monoisotopic (exact) mass is 446 g/mol. The Kier molecular flexibility index (Phi) is 6.84. The second-order valence-corrected chi connectivity index (χ2v) is 8.57. The maximum atomic E-state index is 12.9. The highest BCUT2D eigenvalue weighted by Gasteiger charge is 2.40. The van der Waals surface area contributed by atoms with Crippen LogP contribution in [0.15, 0.2) is 30.3 Å². The first-order chi connectivity index (χ1) is 14.2. The van der Waals surface area contributed by atoms with Gasteiger partial charge in [0.05, 0.1) is 0 Å². The number of hydrogen-bond donors (Lipinski definition) is 1. The molecule has 0 radical (unpaired) electrons. The lowest BCUT2D eigenvalue weighted by molar-refractivity contribution is -0.131. The van der Waals surface area contributed by atoms with Gasteiger partial charge in [-0.1, -0.05) is 47.0 Å². The topological polar surface area (TPSA) is 66.5 Å². The number of benzene rings is 2. The standard InChI is InChI=1S/C23H24Cl2N2O3/c1-13-10-14(2)22(15(3)11-13)26-23(30)27-19(7-9-21(27)29)20(28)8-5-16-4-6-17(24)12-18(16)25/h4,6,10-12,19H,5,7-9H2,1-3H3,(H,26,30)/t19-/m0/s1. The summed E-state index contributed by atoms with van der Waals surface area (Å²) in [5.41, 5.74) is 4.39. The fourth-order valence-electron chi connectivity index (χ4n) is 3.94. The molecule has 30 heavy (non-hydrogen) atoms. The van der Waals surface area contributed by atoms with Crippen molar-refractivity contribution in [3.8, 4) is 0 Å². The highest BCUT2D eigenvalue weighted by molar-refractivity contribution is 6.35. The molecule has 1 heterocycles. The van der Waals surface area contributed by atoms with Gasteiger partial charge < -0.3 is 5.32 Å². The van der Waals surface area contributed by atoms with E-state index >= 15 is 0 Å². The maximum absolute atomic E-state index is 12.9. The molecule has 0 aromatic heterocycles. The van der Waals surface area contributed by atoms with Crippen LogP contribution >= 0.6 is 23.2 Å². The number of rotatable bonds is 5. The summed E-state index contributed by atoms with van der Waals surface area (Å²) in [6.07, 6.45) is 1.12. The molecule has 3 rings (SSSR count). The Bertz CT molecular complexity index is 996. The van der Waals surface area contributed by atoms with Crippen LogP contribution in [0.1, 0.15) is 41.5 Å². The minimum absolute atomic E-state index is 0.153. The number of carbonyl (C=O) groups is 3. The number of imide groups is 1. The molecule has 0 spiro atoms. The third-order valence-corrected chi connectivity index (χ3v) is 5.95. The second-order valence-electron chi connectivity index (χ2n) is 7.72.